The van der Waals surface area contributed by atoms with Crippen LogP contribution in [0.3, 0.4) is 0 Å². The third-order valence-electron chi connectivity index (χ3n) is 4.31. The van der Waals surface area contributed by atoms with E-state index in [1.807, 2.05) is 6.07 Å². The highest BCUT2D eigenvalue weighted by Gasteiger charge is 2.11. The first-order valence-corrected chi connectivity index (χ1v) is 10.0. The molecule has 32 heavy (non-hydrogen) atoms. The molecule has 0 saturated heterocycles. The van der Waals surface area contributed by atoms with E-state index in [-0.39, 0.29) is 17.7 Å². The van der Waals surface area contributed by atoms with Gasteiger partial charge in [-0.15, -0.1) is 0 Å². The predicted molar refractivity (Wildman–Crippen MR) is 123 cm³/mol. The van der Waals surface area contributed by atoms with Crippen molar-refractivity contribution in [2.24, 2.45) is 0 Å². The number of nitrogens with one attached hydrogen (secondary N) is 1. The lowest BCUT2D eigenvalue weighted by molar-refractivity contribution is -0.112. The molecule has 8 heteroatoms. The van der Waals surface area contributed by atoms with Gasteiger partial charge in [0.05, 0.1) is 10.6 Å². The average Bonchev–Trinajstić information content (AvgIpc) is 2.77. The summed E-state index contributed by atoms with van der Waals surface area (Å²) in [6, 6.07) is 19.7. The number of nitriles is 1. The normalized spacial score (nSPS) is 10.8. The van der Waals surface area contributed by atoms with Gasteiger partial charge in [0.15, 0.2) is 0 Å². The quantitative estimate of drug-likeness (QED) is 0.337. The summed E-state index contributed by atoms with van der Waals surface area (Å²) in [5, 5.41) is 21.7. The molecule has 0 radical (unpaired) electrons. The van der Waals surface area contributed by atoms with Crippen molar-refractivity contribution in [3.63, 3.8) is 0 Å². The molecule has 0 aliphatic rings. The first-order chi connectivity index (χ1) is 15.4. The molecule has 2 N–H and O–H groups in total. The number of carbonyl (C=O) groups excluding carboxylic acids is 1. The van der Waals surface area contributed by atoms with Gasteiger partial charge in [-0.25, -0.2) is 4.79 Å². The Hall–Kier alpha value is -3.79. The summed E-state index contributed by atoms with van der Waals surface area (Å²) in [7, 11) is 0. The fourth-order valence-electron chi connectivity index (χ4n) is 2.71. The van der Waals surface area contributed by atoms with Crippen molar-refractivity contribution in [2.45, 2.75) is 6.61 Å². The van der Waals surface area contributed by atoms with Gasteiger partial charge < -0.3 is 15.2 Å². The molecule has 3 aromatic rings. The maximum atomic E-state index is 12.4. The third kappa shape index (κ3) is 6.11. The van der Waals surface area contributed by atoms with Crippen LogP contribution in [0.25, 0.3) is 6.08 Å². The molecule has 0 fully saturated rings. The van der Waals surface area contributed by atoms with Crippen molar-refractivity contribution in [3.05, 3.63) is 99.0 Å². The van der Waals surface area contributed by atoms with E-state index in [9.17, 15) is 14.9 Å². The molecule has 0 atom stereocenters. The summed E-state index contributed by atoms with van der Waals surface area (Å²) in [5.41, 5.74) is 1.89. The van der Waals surface area contributed by atoms with Gasteiger partial charge in [0, 0.05) is 10.7 Å². The lowest BCUT2D eigenvalue weighted by atomic mass is 10.1. The molecule has 3 rings (SSSR count). The van der Waals surface area contributed by atoms with Crippen LogP contribution in [0.5, 0.6) is 5.75 Å². The number of benzene rings is 3. The molecule has 0 unspecified atom stereocenters. The van der Waals surface area contributed by atoms with E-state index in [0.717, 1.165) is 5.56 Å². The molecule has 0 aromatic heterocycles. The van der Waals surface area contributed by atoms with E-state index >= 15 is 0 Å². The molecule has 0 bridgehead atoms. The smallest absolute Gasteiger partial charge is 0.335 e. The zero-order valence-electron chi connectivity index (χ0n) is 16.5. The molecule has 1 amide bonds. The highest BCUT2D eigenvalue weighted by molar-refractivity contribution is 6.32. The molecule has 0 saturated carbocycles. The van der Waals surface area contributed by atoms with Gasteiger partial charge in [-0.1, -0.05) is 47.5 Å². The van der Waals surface area contributed by atoms with E-state index in [2.05, 4.69) is 5.32 Å². The second-order valence-electron chi connectivity index (χ2n) is 6.61. The zero-order chi connectivity index (χ0) is 23.1. The van der Waals surface area contributed by atoms with Gasteiger partial charge in [0.2, 0.25) is 0 Å². The van der Waals surface area contributed by atoms with Crippen LogP contribution in [0.15, 0.2) is 72.3 Å². The van der Waals surface area contributed by atoms with Crippen molar-refractivity contribution in [1.82, 2.24) is 0 Å². The Bertz CT molecular complexity index is 1230. The number of amides is 1. The van der Waals surface area contributed by atoms with Crippen molar-refractivity contribution in [2.75, 3.05) is 5.32 Å². The maximum Gasteiger partial charge on any atom is 0.335 e. The van der Waals surface area contributed by atoms with Crippen LogP contribution in [0.2, 0.25) is 10.0 Å². The number of carboxylic acids is 1. The maximum absolute atomic E-state index is 12.4. The Morgan fingerprint density at radius 3 is 2.44 bits per heavy atom. The molecule has 0 aliphatic heterocycles. The van der Waals surface area contributed by atoms with Crippen LogP contribution in [0.4, 0.5) is 5.69 Å². The number of carboxylic acid groups (broad SMARTS) is 1. The second-order valence-corrected chi connectivity index (χ2v) is 7.46. The molecule has 3 aromatic carbocycles. The number of hydrogen-bond donors (Lipinski definition) is 2. The topological polar surface area (TPSA) is 99.4 Å². The Morgan fingerprint density at radius 1 is 1.06 bits per heavy atom. The first-order valence-electron chi connectivity index (χ1n) is 9.29. The Labute approximate surface area is 194 Å². The Kier molecular flexibility index (Phi) is 7.50. The minimum Gasteiger partial charge on any atom is -0.487 e. The largest absolute Gasteiger partial charge is 0.487 e. The van der Waals surface area contributed by atoms with Crippen LogP contribution >= 0.6 is 23.2 Å². The highest BCUT2D eigenvalue weighted by Crippen LogP contribution is 2.27. The monoisotopic (exact) mass is 466 g/mol. The number of nitrogens with zero attached hydrogens (tertiary/aromatic N) is 1. The Morgan fingerprint density at radius 2 is 1.81 bits per heavy atom. The number of anilines is 1. The van der Waals surface area contributed by atoms with Gasteiger partial charge in [-0.2, -0.15) is 5.26 Å². The number of carbonyl (C=O) groups is 2. The average molecular weight is 467 g/mol. The van der Waals surface area contributed by atoms with Gasteiger partial charge in [-0.05, 0) is 59.7 Å². The van der Waals surface area contributed by atoms with Crippen LogP contribution in [-0.2, 0) is 11.4 Å². The van der Waals surface area contributed by atoms with Crippen molar-refractivity contribution < 1.29 is 19.4 Å². The summed E-state index contributed by atoms with van der Waals surface area (Å²) in [4.78, 5) is 23.3. The standard InChI is InChI=1S/C24H16Cl2N2O4/c25-19-2-1-3-20(12-19)28-23(29)18(13-27)10-16-6-9-22(21(26)11-16)32-14-15-4-7-17(8-5-15)24(30)31/h1-12H,14H2,(H,28,29)(H,30,31)/b18-10+. The second kappa shape index (κ2) is 10.5. The lowest BCUT2D eigenvalue weighted by Gasteiger charge is -2.09. The van der Waals surface area contributed by atoms with Crippen LogP contribution in [-0.4, -0.2) is 17.0 Å². The minimum atomic E-state index is -0.998. The van der Waals surface area contributed by atoms with Crippen molar-refractivity contribution in [1.29, 1.82) is 5.26 Å². The van der Waals surface area contributed by atoms with Crippen LogP contribution < -0.4 is 10.1 Å². The van der Waals surface area contributed by atoms with Crippen molar-refractivity contribution in [3.8, 4) is 11.8 Å². The van der Waals surface area contributed by atoms with Crippen molar-refractivity contribution >= 4 is 46.8 Å². The zero-order valence-corrected chi connectivity index (χ0v) is 18.0. The van der Waals surface area contributed by atoms with E-state index in [1.165, 1.54) is 18.2 Å². The number of aromatic carboxylic acids is 1. The highest BCUT2D eigenvalue weighted by atomic mass is 35.5. The molecule has 6 nitrogen and oxygen atoms in total. The van der Waals surface area contributed by atoms with E-state index in [4.69, 9.17) is 33.0 Å². The molecule has 160 valence electrons. The SMILES string of the molecule is N#C/C(=C\c1ccc(OCc2ccc(C(=O)O)cc2)c(Cl)c1)C(=O)Nc1cccc(Cl)c1. The molecular weight excluding hydrogens is 451 g/mol. The summed E-state index contributed by atoms with van der Waals surface area (Å²) in [6.45, 7) is 0.195. The summed E-state index contributed by atoms with van der Waals surface area (Å²) in [6.07, 6.45) is 1.42. The van der Waals surface area contributed by atoms with Gasteiger partial charge in [-0.3, -0.25) is 4.79 Å². The molecule has 0 aliphatic carbocycles. The van der Waals surface area contributed by atoms with Gasteiger partial charge in [0.1, 0.15) is 24.0 Å². The van der Waals surface area contributed by atoms with E-state index < -0.39 is 11.9 Å². The number of hydrogen-bond acceptors (Lipinski definition) is 4. The van der Waals surface area contributed by atoms with Crippen LogP contribution in [0.1, 0.15) is 21.5 Å². The minimum absolute atomic E-state index is 0.103. The summed E-state index contributed by atoms with van der Waals surface area (Å²) >= 11 is 12.2. The molecule has 0 heterocycles. The Balaban J connectivity index is 1.68. The fraction of sp³-hybridized carbons (Fsp3) is 0.0417. The lowest BCUT2D eigenvalue weighted by Crippen LogP contribution is -2.13. The summed E-state index contributed by atoms with van der Waals surface area (Å²) < 4.78 is 5.69. The van der Waals surface area contributed by atoms with E-state index in [0.29, 0.717) is 27.0 Å². The summed E-state index contributed by atoms with van der Waals surface area (Å²) in [5.74, 6) is -1.16. The molecular formula is C24H16Cl2N2O4. The van der Waals surface area contributed by atoms with Gasteiger partial charge in [0.25, 0.3) is 5.91 Å². The van der Waals surface area contributed by atoms with E-state index in [1.54, 1.807) is 54.6 Å². The van der Waals surface area contributed by atoms with Gasteiger partial charge >= 0.3 is 5.97 Å². The van der Waals surface area contributed by atoms with Crippen LogP contribution in [0, 0.1) is 11.3 Å². The number of rotatable bonds is 7. The fourth-order valence-corrected chi connectivity index (χ4v) is 3.14. The number of halogens is 2. The number of ether oxygens (including phenoxy) is 1. The predicted octanol–water partition coefficient (Wildman–Crippen LogP) is 5.82. The molecule has 0 spiro atoms. The third-order valence-corrected chi connectivity index (χ3v) is 4.84. The first kappa shape index (κ1) is 22.9.